The molecular formula is C41H60N2O3S. The molecule has 1 amide bonds. The van der Waals surface area contributed by atoms with Crippen molar-refractivity contribution >= 4 is 23.6 Å². The molecule has 47 heavy (non-hydrogen) atoms. The molecule has 2 aliphatic rings. The third kappa shape index (κ3) is 11.3. The molecule has 3 rings (SSSR count). The first-order valence-corrected chi connectivity index (χ1v) is 18.8. The van der Waals surface area contributed by atoms with Crippen LogP contribution in [0.2, 0.25) is 0 Å². The summed E-state index contributed by atoms with van der Waals surface area (Å²) in [5.41, 5.74) is 3.94. The average Bonchev–Trinajstić information content (AvgIpc) is 3.30. The maximum Gasteiger partial charge on any atom is 0.309 e. The number of carboxylic acids is 1. The number of unbranched alkanes of at least 4 members (excludes halogenated alkanes) is 3. The first-order valence-electron chi connectivity index (χ1n) is 17.9. The van der Waals surface area contributed by atoms with Crippen LogP contribution in [-0.4, -0.2) is 40.5 Å². The predicted molar refractivity (Wildman–Crippen MR) is 199 cm³/mol. The second-order valence-electron chi connectivity index (χ2n) is 14.6. The smallest absolute Gasteiger partial charge is 0.309 e. The Bertz CT molecular complexity index is 1320. The Morgan fingerprint density at radius 2 is 1.89 bits per heavy atom. The van der Waals surface area contributed by atoms with Gasteiger partial charge in [0.2, 0.25) is 5.91 Å². The normalized spacial score (nSPS) is 22.5. The number of aryl methyl sites for hydroxylation is 1. The van der Waals surface area contributed by atoms with Gasteiger partial charge < -0.3 is 15.3 Å². The van der Waals surface area contributed by atoms with Crippen LogP contribution in [0.5, 0.6) is 0 Å². The number of carbonyl (C=O) groups is 2. The van der Waals surface area contributed by atoms with E-state index in [0.717, 1.165) is 70.0 Å². The van der Waals surface area contributed by atoms with Crippen LogP contribution in [0, 0.1) is 42.4 Å². The van der Waals surface area contributed by atoms with E-state index >= 15 is 0 Å². The van der Waals surface area contributed by atoms with Gasteiger partial charge in [-0.25, -0.2) is 0 Å². The summed E-state index contributed by atoms with van der Waals surface area (Å²) in [6.07, 6.45) is 19.7. The second kappa shape index (κ2) is 18.6. The van der Waals surface area contributed by atoms with Gasteiger partial charge in [-0.1, -0.05) is 69.2 Å². The summed E-state index contributed by atoms with van der Waals surface area (Å²) in [7, 11) is 0. The highest BCUT2D eigenvalue weighted by molar-refractivity contribution is 8.05. The van der Waals surface area contributed by atoms with Crippen molar-refractivity contribution < 1.29 is 14.7 Å². The molecule has 6 heteroatoms. The number of aliphatic carboxylic acids is 1. The number of carbonyl (C=O) groups excluding carboxylic acids is 1. The number of allylic oxidation sites excluding steroid dienone is 4. The van der Waals surface area contributed by atoms with Crippen LogP contribution in [0.4, 0.5) is 0 Å². The zero-order chi connectivity index (χ0) is 34.6. The summed E-state index contributed by atoms with van der Waals surface area (Å²) in [6, 6.07) is 8.79. The van der Waals surface area contributed by atoms with E-state index in [2.05, 4.69) is 92.6 Å². The molecule has 5 atom stereocenters. The molecule has 0 spiro atoms. The van der Waals surface area contributed by atoms with E-state index in [-0.39, 0.29) is 12.1 Å². The molecule has 258 valence electrons. The fraction of sp³-hybridized carbons (Fsp3) is 0.610. The number of nitrogens with one attached hydrogen (secondary N) is 1. The van der Waals surface area contributed by atoms with Gasteiger partial charge in [0.05, 0.1) is 5.41 Å². The lowest BCUT2D eigenvalue weighted by molar-refractivity contribution is -0.147. The third-order valence-corrected chi connectivity index (χ3v) is 11.2. The van der Waals surface area contributed by atoms with Crippen molar-refractivity contribution in [3.63, 3.8) is 0 Å². The monoisotopic (exact) mass is 660 g/mol. The van der Waals surface area contributed by atoms with E-state index < -0.39 is 11.4 Å². The molecule has 5 nitrogen and oxygen atoms in total. The lowest BCUT2D eigenvalue weighted by Crippen LogP contribution is -2.42. The van der Waals surface area contributed by atoms with Gasteiger partial charge in [0.1, 0.15) is 0 Å². The number of hydrogen-bond acceptors (Lipinski definition) is 4. The van der Waals surface area contributed by atoms with E-state index in [9.17, 15) is 14.7 Å². The van der Waals surface area contributed by atoms with Crippen molar-refractivity contribution in [3.8, 4) is 12.3 Å². The number of terminal acetylenes is 1. The summed E-state index contributed by atoms with van der Waals surface area (Å²) in [5.74, 6) is 3.50. The summed E-state index contributed by atoms with van der Waals surface area (Å²) in [5, 5.41) is 16.1. The van der Waals surface area contributed by atoms with E-state index in [1.165, 1.54) is 21.6 Å². The number of hydrogen-bond donors (Lipinski definition) is 2. The van der Waals surface area contributed by atoms with Crippen LogP contribution >= 0.6 is 11.8 Å². The minimum Gasteiger partial charge on any atom is -0.481 e. The van der Waals surface area contributed by atoms with E-state index in [1.54, 1.807) is 0 Å². The zero-order valence-electron chi connectivity index (χ0n) is 30.1. The molecule has 0 radical (unpaired) electrons. The highest BCUT2D eigenvalue weighted by atomic mass is 32.2. The van der Waals surface area contributed by atoms with Crippen molar-refractivity contribution in [1.82, 2.24) is 10.2 Å². The van der Waals surface area contributed by atoms with Crippen LogP contribution < -0.4 is 5.32 Å². The molecule has 2 N–H and O–H groups in total. The van der Waals surface area contributed by atoms with Crippen molar-refractivity contribution in [1.29, 1.82) is 0 Å². The quantitative estimate of drug-likeness (QED) is 0.129. The largest absolute Gasteiger partial charge is 0.481 e. The van der Waals surface area contributed by atoms with Crippen LogP contribution in [0.3, 0.4) is 0 Å². The Balaban J connectivity index is 1.77. The molecule has 0 bridgehead atoms. The molecule has 1 fully saturated rings. The standard InChI is InChI=1S/C41H60N2O3S/c1-9-12-14-15-23-43(39(44)16-13-10-2)37-26-33(24-31(37)6)38-22-19-30(5)35(28-47-38)36(11-3)42-34(27-41(7,8)40(45)46)25-32-20-17-29(4)18-21-32/h1,11,17-18,20-22,28,30-31,33-34,37,42H,10,12-16,19,23-27H2,2-8H3,(H,45,46)/b36-11-. The average molecular weight is 661 g/mol. The van der Waals surface area contributed by atoms with E-state index in [4.69, 9.17) is 6.42 Å². The lowest BCUT2D eigenvalue weighted by Gasteiger charge is -2.32. The summed E-state index contributed by atoms with van der Waals surface area (Å²) in [6.45, 7) is 15.4. The van der Waals surface area contributed by atoms with Gasteiger partial charge in [0.15, 0.2) is 0 Å². The van der Waals surface area contributed by atoms with Crippen LogP contribution in [0.1, 0.15) is 117 Å². The third-order valence-electron chi connectivity index (χ3n) is 10.1. The van der Waals surface area contributed by atoms with Crippen LogP contribution in [0.25, 0.3) is 0 Å². The Morgan fingerprint density at radius 1 is 1.17 bits per heavy atom. The summed E-state index contributed by atoms with van der Waals surface area (Å²) < 4.78 is 0. The topological polar surface area (TPSA) is 69.6 Å². The Kier molecular flexibility index (Phi) is 15.2. The van der Waals surface area contributed by atoms with Gasteiger partial charge in [-0.05, 0) is 118 Å². The van der Waals surface area contributed by atoms with Crippen molar-refractivity contribution in [2.75, 3.05) is 6.54 Å². The van der Waals surface area contributed by atoms with Gasteiger partial charge in [-0.3, -0.25) is 9.59 Å². The fourth-order valence-electron chi connectivity index (χ4n) is 7.10. The molecule has 0 aromatic heterocycles. The molecule has 1 aliphatic heterocycles. The molecule has 0 saturated heterocycles. The number of rotatable bonds is 17. The number of nitrogens with zero attached hydrogens (tertiary/aromatic N) is 1. The highest BCUT2D eigenvalue weighted by Crippen LogP contribution is 2.45. The second-order valence-corrected chi connectivity index (χ2v) is 15.6. The Labute approximate surface area is 290 Å². The summed E-state index contributed by atoms with van der Waals surface area (Å²) >= 11 is 1.85. The molecule has 5 unspecified atom stereocenters. The highest BCUT2D eigenvalue weighted by Gasteiger charge is 2.39. The van der Waals surface area contributed by atoms with Gasteiger partial charge >= 0.3 is 5.97 Å². The van der Waals surface area contributed by atoms with Gasteiger partial charge in [-0.2, -0.15) is 0 Å². The number of amides is 1. The van der Waals surface area contributed by atoms with E-state index in [0.29, 0.717) is 36.5 Å². The van der Waals surface area contributed by atoms with Crippen molar-refractivity contribution in [3.05, 3.63) is 69.1 Å². The maximum atomic E-state index is 13.4. The fourth-order valence-corrected chi connectivity index (χ4v) is 8.30. The number of benzene rings is 1. The lowest BCUT2D eigenvalue weighted by atomic mass is 9.83. The first-order chi connectivity index (χ1) is 22.4. The minimum atomic E-state index is -0.850. The Morgan fingerprint density at radius 3 is 2.53 bits per heavy atom. The van der Waals surface area contributed by atoms with Crippen molar-refractivity contribution in [2.24, 2.45) is 23.2 Å². The maximum absolute atomic E-state index is 13.4. The first kappa shape index (κ1) is 38.5. The molecule has 1 aromatic rings. The number of carboxylic acid groups (broad SMARTS) is 1. The van der Waals surface area contributed by atoms with Gasteiger partial charge in [-0.15, -0.1) is 24.1 Å². The minimum absolute atomic E-state index is 0.0305. The SMILES string of the molecule is C#CCCCCN(C(=O)CCCC)C1CC(C2=CCC(C)C(/C(=C/C)NC(Cc3ccc(C)cc3)CC(C)(C)C(=O)O)=CS2)CC1C. The van der Waals surface area contributed by atoms with Gasteiger partial charge in [0.25, 0.3) is 0 Å². The van der Waals surface area contributed by atoms with Crippen LogP contribution in [0.15, 0.2) is 58.0 Å². The Hall–Kier alpha value is -2.91. The predicted octanol–water partition coefficient (Wildman–Crippen LogP) is 9.68. The van der Waals surface area contributed by atoms with Crippen LogP contribution in [-0.2, 0) is 16.0 Å². The zero-order valence-corrected chi connectivity index (χ0v) is 30.9. The molecule has 1 heterocycles. The van der Waals surface area contributed by atoms with Crippen molar-refractivity contribution in [2.45, 2.75) is 131 Å². The molecule has 1 aromatic carbocycles. The summed E-state index contributed by atoms with van der Waals surface area (Å²) in [4.78, 5) is 29.1. The molecular weight excluding hydrogens is 601 g/mol. The van der Waals surface area contributed by atoms with Gasteiger partial charge in [0, 0.05) is 37.2 Å². The number of thioether (sulfide) groups is 1. The van der Waals surface area contributed by atoms with E-state index in [1.807, 2.05) is 25.6 Å². The molecule has 1 saturated carbocycles. The molecule has 1 aliphatic carbocycles.